The number of hydrogen-bond acceptors (Lipinski definition) is 6. The molecule has 0 atom stereocenters. The summed E-state index contributed by atoms with van der Waals surface area (Å²) < 4.78 is 4.39. The van der Waals surface area contributed by atoms with Crippen molar-refractivity contribution in [3.8, 4) is 75.1 Å². The first kappa shape index (κ1) is 35.2. The Kier molecular flexibility index (Phi) is 8.23. The van der Waals surface area contributed by atoms with Crippen LogP contribution in [0.25, 0.3) is 88.4 Å². The van der Waals surface area contributed by atoms with Gasteiger partial charge in [-0.15, -0.1) is 0 Å². The number of nitriles is 5. The molecule has 0 amide bonds. The van der Waals surface area contributed by atoms with E-state index in [1.165, 1.54) is 0 Å². The number of para-hydroxylation sites is 2. The van der Waals surface area contributed by atoms with E-state index in [1.54, 1.807) is 36.7 Å². The Labute approximate surface area is 343 Å². The maximum Gasteiger partial charge on any atom is 0.0998 e. The van der Waals surface area contributed by atoms with Crippen LogP contribution >= 0.6 is 0 Å². The van der Waals surface area contributed by atoms with E-state index in [9.17, 15) is 26.3 Å². The number of rotatable bonds is 5. The molecule has 10 aromatic rings. The van der Waals surface area contributed by atoms with E-state index in [2.05, 4.69) is 93.0 Å². The minimum atomic E-state index is 0.399. The monoisotopic (exact) mass is 762 g/mol. The molecule has 0 saturated heterocycles. The highest BCUT2D eigenvalue weighted by Gasteiger charge is 2.24. The quantitative estimate of drug-likeness (QED) is 0.171. The predicted octanol–water partition coefficient (Wildman–Crippen LogP) is 11.6. The second kappa shape index (κ2) is 14.0. The summed E-state index contributed by atoms with van der Waals surface area (Å²) in [5.41, 5.74) is 11.9. The van der Waals surface area contributed by atoms with Crippen LogP contribution in [0.3, 0.4) is 0 Å². The molecule has 7 aromatic carbocycles. The van der Waals surface area contributed by atoms with Gasteiger partial charge in [0.1, 0.15) is 0 Å². The SMILES string of the molecule is N#Cc1ccc(-c2ccc3c4ccccc4n(-c4cc(C#N)cc(-n5c6ccccc6c6ccc(-c7ccc(C#N)cc7C#N)cc65)c4-c4ccncc4)c3c2)c(C#N)c1. The van der Waals surface area contributed by atoms with Crippen molar-refractivity contribution in [2.24, 2.45) is 0 Å². The Balaban J connectivity index is 1.33. The normalized spacial score (nSPS) is 10.9. The lowest BCUT2D eigenvalue weighted by atomic mass is 9.96. The van der Waals surface area contributed by atoms with Crippen molar-refractivity contribution >= 4 is 43.6 Å². The average molecular weight is 763 g/mol. The summed E-state index contributed by atoms with van der Waals surface area (Å²) in [4.78, 5) is 4.38. The van der Waals surface area contributed by atoms with Crippen LogP contribution in [0.2, 0.25) is 0 Å². The standard InChI is InChI=1S/C52H26N8/c53-27-32-9-13-40(38(21-32)30-56)36-11-15-44-42-5-1-3-7-46(42)59(48(44)25-36)50-23-34(29-55)24-51(52(50)35-17-19-58-20-18-35)60-47-8-4-2-6-43(47)45-16-12-37(26-49(45)60)41-14-10-33(28-54)22-39(41)31-57/h1-26H. The fourth-order valence-corrected chi connectivity index (χ4v) is 8.55. The van der Waals surface area contributed by atoms with E-state index < -0.39 is 0 Å². The molecule has 3 aromatic heterocycles. The molecule has 0 unspecified atom stereocenters. The van der Waals surface area contributed by atoms with E-state index in [4.69, 9.17) is 0 Å². The molecule has 0 N–H and O–H groups in total. The highest BCUT2D eigenvalue weighted by atomic mass is 15.0. The molecule has 0 saturated carbocycles. The van der Waals surface area contributed by atoms with Crippen molar-refractivity contribution in [3.63, 3.8) is 0 Å². The molecule has 10 rings (SSSR count). The van der Waals surface area contributed by atoms with Gasteiger partial charge in [-0.05, 0) is 101 Å². The molecule has 8 nitrogen and oxygen atoms in total. The van der Waals surface area contributed by atoms with Crippen molar-refractivity contribution in [1.29, 1.82) is 26.3 Å². The van der Waals surface area contributed by atoms with Gasteiger partial charge in [-0.2, -0.15) is 26.3 Å². The molecular weight excluding hydrogens is 737 g/mol. The summed E-state index contributed by atoms with van der Waals surface area (Å²) in [6, 6.07) is 58.0. The summed E-state index contributed by atoms with van der Waals surface area (Å²) in [5, 5.41) is 54.2. The van der Waals surface area contributed by atoms with Gasteiger partial charge in [-0.3, -0.25) is 4.98 Å². The molecule has 0 aliphatic heterocycles. The Bertz CT molecular complexity index is 3450. The molecule has 60 heavy (non-hydrogen) atoms. The fourth-order valence-electron chi connectivity index (χ4n) is 8.55. The Morgan fingerprint density at radius 1 is 0.367 bits per heavy atom. The molecule has 0 aliphatic rings. The third-order valence-corrected chi connectivity index (χ3v) is 11.2. The Morgan fingerprint density at radius 2 is 0.817 bits per heavy atom. The zero-order valence-electron chi connectivity index (χ0n) is 31.6. The van der Waals surface area contributed by atoms with Gasteiger partial charge in [0.25, 0.3) is 0 Å². The van der Waals surface area contributed by atoms with Gasteiger partial charge in [0.2, 0.25) is 0 Å². The van der Waals surface area contributed by atoms with Crippen LogP contribution in [0.1, 0.15) is 27.8 Å². The molecule has 0 radical (unpaired) electrons. The van der Waals surface area contributed by atoms with Gasteiger partial charge < -0.3 is 9.13 Å². The van der Waals surface area contributed by atoms with Gasteiger partial charge in [-0.1, -0.05) is 72.8 Å². The minimum absolute atomic E-state index is 0.399. The highest BCUT2D eigenvalue weighted by Crippen LogP contribution is 2.44. The summed E-state index contributed by atoms with van der Waals surface area (Å²) in [7, 11) is 0. The molecule has 0 spiro atoms. The molecular formula is C52H26N8. The largest absolute Gasteiger partial charge is 0.308 e. The number of hydrogen-bond donors (Lipinski definition) is 0. The van der Waals surface area contributed by atoms with Crippen LogP contribution in [0, 0.1) is 56.7 Å². The maximum absolute atomic E-state index is 10.8. The minimum Gasteiger partial charge on any atom is -0.308 e. The lowest BCUT2D eigenvalue weighted by Gasteiger charge is -2.21. The van der Waals surface area contributed by atoms with E-state index in [0.29, 0.717) is 38.9 Å². The van der Waals surface area contributed by atoms with Gasteiger partial charge in [0, 0.05) is 39.5 Å². The van der Waals surface area contributed by atoms with E-state index >= 15 is 0 Å². The molecule has 8 heteroatoms. The van der Waals surface area contributed by atoms with Crippen LogP contribution in [0.5, 0.6) is 0 Å². The van der Waals surface area contributed by atoms with Crippen molar-refractivity contribution in [3.05, 3.63) is 186 Å². The first-order valence-electron chi connectivity index (χ1n) is 19.0. The van der Waals surface area contributed by atoms with E-state index in [1.807, 2.05) is 72.8 Å². The zero-order valence-corrected chi connectivity index (χ0v) is 31.6. The number of fused-ring (bicyclic) bond motifs is 6. The predicted molar refractivity (Wildman–Crippen MR) is 233 cm³/mol. The van der Waals surface area contributed by atoms with E-state index in [0.717, 1.165) is 77.2 Å². The highest BCUT2D eigenvalue weighted by molar-refractivity contribution is 6.13. The van der Waals surface area contributed by atoms with Crippen LogP contribution in [0.15, 0.2) is 158 Å². The Hall–Kier alpha value is -9.26. The van der Waals surface area contributed by atoms with Gasteiger partial charge in [0.05, 0.1) is 91.6 Å². The third kappa shape index (κ3) is 5.45. The molecule has 3 heterocycles. The third-order valence-electron chi connectivity index (χ3n) is 11.2. The lowest BCUT2D eigenvalue weighted by Crippen LogP contribution is -2.05. The van der Waals surface area contributed by atoms with Crippen LogP contribution in [-0.2, 0) is 0 Å². The van der Waals surface area contributed by atoms with Crippen molar-refractivity contribution in [2.45, 2.75) is 0 Å². The summed E-state index contributed by atoms with van der Waals surface area (Å²) in [6.45, 7) is 0. The smallest absolute Gasteiger partial charge is 0.0998 e. The maximum atomic E-state index is 10.8. The van der Waals surface area contributed by atoms with Crippen molar-refractivity contribution in [1.82, 2.24) is 14.1 Å². The summed E-state index contributed by atoms with van der Waals surface area (Å²) in [5.74, 6) is 0. The number of aromatic nitrogens is 3. The number of pyridine rings is 1. The first-order valence-corrected chi connectivity index (χ1v) is 19.0. The second-order valence-corrected chi connectivity index (χ2v) is 14.4. The van der Waals surface area contributed by atoms with Gasteiger partial charge >= 0.3 is 0 Å². The van der Waals surface area contributed by atoms with Gasteiger partial charge in [-0.25, -0.2) is 0 Å². The molecule has 0 bridgehead atoms. The topological polar surface area (TPSA) is 142 Å². The van der Waals surface area contributed by atoms with E-state index in [-0.39, 0.29) is 0 Å². The fraction of sp³-hybridized carbons (Fsp3) is 0. The number of nitrogens with zero attached hydrogens (tertiary/aromatic N) is 8. The average Bonchev–Trinajstić information content (AvgIpc) is 3.82. The second-order valence-electron chi connectivity index (χ2n) is 14.4. The zero-order chi connectivity index (χ0) is 40.9. The number of benzene rings is 7. The van der Waals surface area contributed by atoms with Crippen LogP contribution in [-0.4, -0.2) is 14.1 Å². The van der Waals surface area contributed by atoms with Crippen molar-refractivity contribution in [2.75, 3.05) is 0 Å². The molecule has 0 aliphatic carbocycles. The van der Waals surface area contributed by atoms with Gasteiger partial charge in [0.15, 0.2) is 0 Å². The summed E-state index contributed by atoms with van der Waals surface area (Å²) >= 11 is 0. The lowest BCUT2D eigenvalue weighted by molar-refractivity contribution is 1.13. The molecule has 0 fully saturated rings. The Morgan fingerprint density at radius 3 is 1.27 bits per heavy atom. The van der Waals surface area contributed by atoms with Crippen molar-refractivity contribution < 1.29 is 0 Å². The first-order chi connectivity index (χ1) is 29.5. The van der Waals surface area contributed by atoms with Crippen LogP contribution in [0.4, 0.5) is 0 Å². The summed E-state index contributed by atoms with van der Waals surface area (Å²) in [6.07, 6.45) is 3.52. The van der Waals surface area contributed by atoms with Crippen LogP contribution < -0.4 is 0 Å². The molecule has 274 valence electrons.